The number of ketones is 2. The smallest absolute Gasteiger partial charge is 0.410 e. The lowest BCUT2D eigenvalue weighted by Gasteiger charge is -2.47. The van der Waals surface area contributed by atoms with Gasteiger partial charge in [0.2, 0.25) is 0 Å². The Morgan fingerprint density at radius 3 is 2.27 bits per heavy atom. The summed E-state index contributed by atoms with van der Waals surface area (Å²) in [4.78, 5) is 61.6. The number of cyclic esters (lactones) is 1. The second-order valence-corrected chi connectivity index (χ2v) is 16.8. The Kier molecular flexibility index (Phi) is 12.9. The predicted octanol–water partition coefficient (Wildman–Crippen LogP) is 3.12. The first-order chi connectivity index (χ1) is 22.7. The first-order valence-electron chi connectivity index (χ1n) is 17.6. The Bertz CT molecular complexity index is 1240. The van der Waals surface area contributed by atoms with Crippen molar-refractivity contribution in [3.05, 3.63) is 0 Å². The SMILES string of the molecule is CO[C@]1(C)C[C@@H](C)C(=O)[C@H](C)[C@H]2N(C[C@H]3CCN(C)C3)C(=O)O[C@]2(C)[C@@H](I)OC(=O)[C@H](C)C(=O)[C@H](C)[C@H]1O[C@@H]1O[C@H](C)C[C@H](N(C)C)[C@H]1O. The molecule has 0 saturated carbocycles. The van der Waals surface area contributed by atoms with Gasteiger partial charge in [-0.05, 0) is 103 Å². The van der Waals surface area contributed by atoms with E-state index in [9.17, 15) is 24.3 Å². The lowest BCUT2D eigenvalue weighted by molar-refractivity contribution is -0.295. The predicted molar refractivity (Wildman–Crippen MR) is 189 cm³/mol. The third kappa shape index (κ3) is 8.15. The van der Waals surface area contributed by atoms with Crippen LogP contribution >= 0.6 is 22.6 Å². The summed E-state index contributed by atoms with van der Waals surface area (Å²) in [6.45, 7) is 14.3. The zero-order valence-corrected chi connectivity index (χ0v) is 33.2. The number of halogens is 1. The zero-order chi connectivity index (χ0) is 36.7. The number of Topliss-reactive ketones (excluding diaryl/α,β-unsaturated/α-hetero) is 2. The third-order valence-electron chi connectivity index (χ3n) is 11.5. The van der Waals surface area contributed by atoms with E-state index in [4.69, 9.17) is 23.7 Å². The van der Waals surface area contributed by atoms with Gasteiger partial charge >= 0.3 is 12.1 Å². The molecule has 1 N–H and O–H groups in total. The van der Waals surface area contributed by atoms with Gasteiger partial charge in [0.25, 0.3) is 0 Å². The molecular weight excluding hydrogens is 749 g/mol. The van der Waals surface area contributed by atoms with Crippen molar-refractivity contribution in [1.29, 1.82) is 0 Å². The van der Waals surface area contributed by atoms with Crippen LogP contribution in [0.1, 0.15) is 67.7 Å². The number of ether oxygens (including phenoxy) is 5. The Labute approximate surface area is 305 Å². The molecule has 0 bridgehead atoms. The van der Waals surface area contributed by atoms with Crippen molar-refractivity contribution in [3.63, 3.8) is 0 Å². The Morgan fingerprint density at radius 2 is 1.69 bits per heavy atom. The summed E-state index contributed by atoms with van der Waals surface area (Å²) < 4.78 is 29.8. The van der Waals surface area contributed by atoms with E-state index in [1.54, 1.807) is 32.6 Å². The molecule has 49 heavy (non-hydrogen) atoms. The first kappa shape index (κ1) is 40.3. The molecule has 0 aromatic carbocycles. The van der Waals surface area contributed by atoms with Gasteiger partial charge in [0, 0.05) is 44.0 Å². The number of nitrogens with zero attached hydrogens (tertiary/aromatic N) is 3. The van der Waals surface area contributed by atoms with E-state index in [2.05, 4.69) is 4.90 Å². The normalized spacial score (nSPS) is 44.9. The second kappa shape index (κ2) is 15.7. The number of rotatable bonds is 6. The van der Waals surface area contributed by atoms with Crippen LogP contribution < -0.4 is 0 Å². The second-order valence-electron chi connectivity index (χ2n) is 15.7. The number of hydrogen-bond donors (Lipinski definition) is 1. The summed E-state index contributed by atoms with van der Waals surface area (Å²) >= 11 is 1.94. The molecule has 14 atom stereocenters. The maximum absolute atomic E-state index is 14.5. The Morgan fingerprint density at radius 1 is 1.04 bits per heavy atom. The number of aliphatic hydroxyl groups is 1. The zero-order valence-electron chi connectivity index (χ0n) is 31.0. The van der Waals surface area contributed by atoms with Gasteiger partial charge in [0.1, 0.15) is 17.8 Å². The average Bonchev–Trinajstić information content (AvgIpc) is 3.57. The summed E-state index contributed by atoms with van der Waals surface area (Å²) in [7, 11) is 7.29. The lowest BCUT2D eigenvalue weighted by Crippen LogP contribution is -2.60. The number of likely N-dealkylation sites (tertiary alicyclic amines) is 1. The maximum atomic E-state index is 14.5. The van der Waals surface area contributed by atoms with Crippen molar-refractivity contribution in [2.24, 2.45) is 29.6 Å². The highest BCUT2D eigenvalue weighted by atomic mass is 127. The lowest BCUT2D eigenvalue weighted by atomic mass is 9.74. The van der Waals surface area contributed by atoms with Crippen molar-refractivity contribution < 1.29 is 48.0 Å². The number of hydrogen-bond acceptors (Lipinski definition) is 12. The van der Waals surface area contributed by atoms with Crippen LogP contribution in [0.3, 0.4) is 0 Å². The molecule has 4 aliphatic heterocycles. The maximum Gasteiger partial charge on any atom is 0.410 e. The van der Waals surface area contributed by atoms with Crippen molar-refractivity contribution in [2.75, 3.05) is 47.9 Å². The Hall–Kier alpha value is -1.43. The minimum absolute atomic E-state index is 0.125. The van der Waals surface area contributed by atoms with Gasteiger partial charge in [-0.15, -0.1) is 0 Å². The number of carbonyl (C=O) groups is 4. The quantitative estimate of drug-likeness (QED) is 0.182. The molecule has 280 valence electrons. The van der Waals surface area contributed by atoms with Crippen LogP contribution in [0.2, 0.25) is 0 Å². The van der Waals surface area contributed by atoms with Gasteiger partial charge in [-0.3, -0.25) is 19.3 Å². The minimum atomic E-state index is -1.37. The van der Waals surface area contributed by atoms with E-state index in [1.165, 1.54) is 14.0 Å². The van der Waals surface area contributed by atoms with Crippen LogP contribution in [-0.4, -0.2) is 143 Å². The van der Waals surface area contributed by atoms with Crippen LogP contribution in [0.5, 0.6) is 0 Å². The number of likely N-dealkylation sites (N-methyl/N-ethyl adjacent to an activating group) is 1. The largest absolute Gasteiger partial charge is 0.447 e. The number of carbonyl (C=O) groups excluding carboxylic acids is 4. The van der Waals surface area contributed by atoms with E-state index < -0.39 is 81.4 Å². The standard InChI is InChI=1S/C35H58IN3O10/c1-18-15-34(6,45-11)29(47-31-27(42)24(37(8)9)14-19(2)46-31)21(4)26(41)22(5)30(43)48-32(36)35(7)28(20(3)25(18)40)39(33(44)49-35)17-23-12-13-38(10)16-23/h18-24,27-29,31-32,42H,12-17H2,1-11H3/t18-,19-,20+,21+,22-,23+,24+,27-,28-,29-,31+,32+,34-,35+/m1/s1. The molecule has 4 rings (SSSR count). The van der Waals surface area contributed by atoms with Crippen LogP contribution in [0.4, 0.5) is 4.79 Å². The molecule has 0 radical (unpaired) electrons. The first-order valence-corrected chi connectivity index (χ1v) is 18.8. The number of esters is 1. The summed E-state index contributed by atoms with van der Waals surface area (Å²) in [6, 6.07) is -0.999. The van der Waals surface area contributed by atoms with Gasteiger partial charge in [-0.25, -0.2) is 4.79 Å². The molecule has 4 fully saturated rings. The fourth-order valence-electron chi connectivity index (χ4n) is 8.52. The van der Waals surface area contributed by atoms with Gasteiger partial charge in [-0.1, -0.05) is 20.8 Å². The molecule has 0 spiro atoms. The minimum Gasteiger partial charge on any atom is -0.447 e. The molecule has 4 saturated heterocycles. The molecular formula is C35H58IN3O10. The van der Waals surface area contributed by atoms with Crippen molar-refractivity contribution in [1.82, 2.24) is 14.7 Å². The van der Waals surface area contributed by atoms with Crippen molar-refractivity contribution >= 4 is 46.2 Å². The van der Waals surface area contributed by atoms with Gasteiger partial charge in [-0.2, -0.15) is 0 Å². The van der Waals surface area contributed by atoms with Crippen molar-refractivity contribution in [3.8, 4) is 0 Å². The van der Waals surface area contributed by atoms with Crippen LogP contribution in [0.25, 0.3) is 0 Å². The van der Waals surface area contributed by atoms with E-state index in [0.29, 0.717) is 13.0 Å². The fraction of sp³-hybridized carbons (Fsp3) is 0.886. The number of aliphatic hydroxyl groups excluding tert-OH is 1. The van der Waals surface area contributed by atoms with Crippen LogP contribution in [0, 0.1) is 29.6 Å². The number of fused-ring (bicyclic) bond motifs is 1. The average molecular weight is 808 g/mol. The molecule has 0 aromatic rings. The summed E-state index contributed by atoms with van der Waals surface area (Å²) in [5.74, 6) is -4.59. The van der Waals surface area contributed by atoms with Crippen LogP contribution in [0.15, 0.2) is 0 Å². The number of alkyl halides is 1. The van der Waals surface area contributed by atoms with Gasteiger partial charge < -0.3 is 38.6 Å². The molecule has 0 unspecified atom stereocenters. The monoisotopic (exact) mass is 807 g/mol. The van der Waals surface area contributed by atoms with Crippen molar-refractivity contribution in [2.45, 2.75) is 120 Å². The van der Waals surface area contributed by atoms with E-state index in [-0.39, 0.29) is 30.3 Å². The highest BCUT2D eigenvalue weighted by Crippen LogP contribution is 2.44. The molecule has 4 heterocycles. The van der Waals surface area contributed by atoms with Crippen LogP contribution in [-0.2, 0) is 38.1 Å². The summed E-state index contributed by atoms with van der Waals surface area (Å²) in [6.07, 6.45) is -2.30. The fourth-order valence-corrected chi connectivity index (χ4v) is 9.26. The molecule has 1 amide bonds. The van der Waals surface area contributed by atoms with Gasteiger partial charge in [0.15, 0.2) is 21.8 Å². The summed E-state index contributed by atoms with van der Waals surface area (Å²) in [5.41, 5.74) is -2.60. The highest BCUT2D eigenvalue weighted by molar-refractivity contribution is 14.1. The van der Waals surface area contributed by atoms with E-state index in [0.717, 1.165) is 19.5 Å². The highest BCUT2D eigenvalue weighted by Gasteiger charge is 2.60. The molecule has 4 aliphatic rings. The van der Waals surface area contributed by atoms with E-state index in [1.807, 2.05) is 62.5 Å². The topological polar surface area (TPSA) is 144 Å². The molecule has 13 nitrogen and oxygen atoms in total. The van der Waals surface area contributed by atoms with Gasteiger partial charge in [0.05, 0.1) is 23.9 Å². The summed E-state index contributed by atoms with van der Waals surface area (Å²) in [5, 5.41) is 11.4. The molecule has 14 heteroatoms. The molecule has 0 aliphatic carbocycles. The van der Waals surface area contributed by atoms with E-state index >= 15 is 0 Å². The molecule has 0 aromatic heterocycles. The number of amides is 1. The Balaban J connectivity index is 1.75. The third-order valence-corrected chi connectivity index (χ3v) is 13.0. The number of methoxy groups -OCH3 is 1.